The number of benzene rings is 1. The van der Waals surface area contributed by atoms with Crippen LogP contribution in [-0.2, 0) is 0 Å². The summed E-state index contributed by atoms with van der Waals surface area (Å²) >= 11 is 0. The van der Waals surface area contributed by atoms with Gasteiger partial charge in [-0.25, -0.2) is 0 Å². The van der Waals surface area contributed by atoms with Crippen molar-refractivity contribution in [3.8, 4) is 11.4 Å². The Morgan fingerprint density at radius 2 is 2.06 bits per heavy atom. The molecule has 0 spiro atoms. The van der Waals surface area contributed by atoms with Gasteiger partial charge in [-0.1, -0.05) is 0 Å². The van der Waals surface area contributed by atoms with Crippen LogP contribution in [0.3, 0.4) is 0 Å². The SMILES string of the molecule is COc1ccc(-n2ccc(C(=O)N=[N+]=[N-])c2)cc1. The van der Waals surface area contributed by atoms with Gasteiger partial charge in [-0.3, -0.25) is 4.79 Å². The van der Waals surface area contributed by atoms with Crippen LogP contribution in [0.5, 0.6) is 5.75 Å². The molecule has 0 atom stereocenters. The summed E-state index contributed by atoms with van der Waals surface area (Å²) < 4.78 is 6.83. The first-order chi connectivity index (χ1) is 8.74. The Hall–Kier alpha value is -2.72. The number of methoxy groups -OCH3 is 1. The molecule has 0 saturated carbocycles. The van der Waals surface area contributed by atoms with Gasteiger partial charge in [0, 0.05) is 28.6 Å². The first-order valence-corrected chi connectivity index (χ1v) is 5.16. The van der Waals surface area contributed by atoms with E-state index < -0.39 is 5.91 Å². The summed E-state index contributed by atoms with van der Waals surface area (Å²) in [5.41, 5.74) is 9.43. The Balaban J connectivity index is 2.28. The minimum absolute atomic E-state index is 0.351. The Kier molecular flexibility index (Phi) is 3.31. The molecule has 0 bridgehead atoms. The first-order valence-electron chi connectivity index (χ1n) is 5.16. The van der Waals surface area contributed by atoms with Gasteiger partial charge in [-0.15, -0.1) is 0 Å². The van der Waals surface area contributed by atoms with Gasteiger partial charge in [-0.2, -0.15) is 0 Å². The van der Waals surface area contributed by atoms with Gasteiger partial charge >= 0.3 is 0 Å². The number of ether oxygens (including phenoxy) is 1. The lowest BCUT2D eigenvalue weighted by Gasteiger charge is -2.04. The van der Waals surface area contributed by atoms with Crippen LogP contribution < -0.4 is 4.74 Å². The molecule has 90 valence electrons. The monoisotopic (exact) mass is 242 g/mol. The van der Waals surface area contributed by atoms with Crippen LogP contribution in [0.1, 0.15) is 10.4 Å². The molecule has 0 aliphatic rings. The lowest BCUT2D eigenvalue weighted by Crippen LogP contribution is -1.93. The zero-order valence-corrected chi connectivity index (χ0v) is 9.65. The van der Waals surface area contributed by atoms with Gasteiger partial charge in [0.15, 0.2) is 0 Å². The van der Waals surface area contributed by atoms with Crippen molar-refractivity contribution >= 4 is 5.91 Å². The van der Waals surface area contributed by atoms with E-state index in [0.717, 1.165) is 11.4 Å². The minimum atomic E-state index is -0.593. The van der Waals surface area contributed by atoms with Crippen molar-refractivity contribution in [3.05, 3.63) is 58.7 Å². The van der Waals surface area contributed by atoms with Crippen LogP contribution in [0.15, 0.2) is 47.8 Å². The summed E-state index contributed by atoms with van der Waals surface area (Å²) in [7, 11) is 1.60. The molecular weight excluding hydrogens is 232 g/mol. The van der Waals surface area contributed by atoms with Crippen molar-refractivity contribution < 1.29 is 9.53 Å². The average Bonchev–Trinajstić information content (AvgIpc) is 2.89. The third-order valence-electron chi connectivity index (χ3n) is 2.45. The smallest absolute Gasteiger partial charge is 0.250 e. The van der Waals surface area contributed by atoms with Crippen LogP contribution >= 0.6 is 0 Å². The maximum atomic E-state index is 11.3. The first kappa shape index (κ1) is 11.8. The molecule has 18 heavy (non-hydrogen) atoms. The molecule has 0 N–H and O–H groups in total. The van der Waals surface area contributed by atoms with Crippen LogP contribution in [-0.4, -0.2) is 17.6 Å². The summed E-state index contributed by atoms with van der Waals surface area (Å²) in [4.78, 5) is 13.8. The van der Waals surface area contributed by atoms with Gasteiger partial charge in [0.1, 0.15) is 5.75 Å². The highest BCUT2D eigenvalue weighted by Crippen LogP contribution is 2.16. The fraction of sp³-hybridized carbons (Fsp3) is 0.0833. The van der Waals surface area contributed by atoms with E-state index in [0.29, 0.717) is 5.56 Å². The Labute approximate surface area is 103 Å². The van der Waals surface area contributed by atoms with E-state index >= 15 is 0 Å². The van der Waals surface area contributed by atoms with Gasteiger partial charge in [0.2, 0.25) is 0 Å². The highest BCUT2D eigenvalue weighted by molar-refractivity contribution is 5.94. The molecule has 0 aliphatic heterocycles. The normalized spacial score (nSPS) is 9.61. The van der Waals surface area contributed by atoms with Crippen molar-refractivity contribution in [2.75, 3.05) is 7.11 Å². The number of carbonyl (C=O) groups is 1. The maximum Gasteiger partial charge on any atom is 0.250 e. The second-order valence-corrected chi connectivity index (χ2v) is 3.50. The zero-order chi connectivity index (χ0) is 13.0. The predicted octanol–water partition coefficient (Wildman–Crippen LogP) is 2.94. The lowest BCUT2D eigenvalue weighted by molar-refractivity contribution is 0.100. The fourth-order valence-electron chi connectivity index (χ4n) is 1.54. The second-order valence-electron chi connectivity index (χ2n) is 3.50. The number of amides is 1. The molecule has 1 heterocycles. The van der Waals surface area contributed by atoms with Gasteiger partial charge in [-0.05, 0) is 41.0 Å². The van der Waals surface area contributed by atoms with Crippen LogP contribution in [0, 0.1) is 0 Å². The van der Waals surface area contributed by atoms with Crippen molar-refractivity contribution in [2.24, 2.45) is 5.11 Å². The van der Waals surface area contributed by atoms with E-state index in [-0.39, 0.29) is 0 Å². The second kappa shape index (κ2) is 5.07. The summed E-state index contributed by atoms with van der Waals surface area (Å²) in [5, 5.41) is 3.04. The van der Waals surface area contributed by atoms with Crippen LogP contribution in [0.4, 0.5) is 0 Å². The number of aromatic nitrogens is 1. The molecule has 0 saturated heterocycles. The highest BCUT2D eigenvalue weighted by Gasteiger charge is 2.05. The molecule has 0 unspecified atom stereocenters. The molecule has 6 heteroatoms. The predicted molar refractivity (Wildman–Crippen MR) is 65.8 cm³/mol. The Morgan fingerprint density at radius 3 is 2.67 bits per heavy atom. The number of carbonyl (C=O) groups excluding carboxylic acids is 1. The molecule has 2 aromatic rings. The number of hydrogen-bond donors (Lipinski definition) is 0. The topological polar surface area (TPSA) is 80.0 Å². The lowest BCUT2D eigenvalue weighted by atomic mass is 10.3. The molecule has 1 aromatic carbocycles. The van der Waals surface area contributed by atoms with Crippen molar-refractivity contribution in [1.82, 2.24) is 4.57 Å². The van der Waals surface area contributed by atoms with E-state index in [2.05, 4.69) is 10.0 Å². The van der Waals surface area contributed by atoms with Gasteiger partial charge in [0.05, 0.1) is 7.11 Å². The van der Waals surface area contributed by atoms with Gasteiger partial charge < -0.3 is 9.30 Å². The van der Waals surface area contributed by atoms with Gasteiger partial charge in [0.25, 0.3) is 5.91 Å². The van der Waals surface area contributed by atoms with Crippen molar-refractivity contribution in [3.63, 3.8) is 0 Å². The highest BCUT2D eigenvalue weighted by atomic mass is 16.5. The van der Waals surface area contributed by atoms with E-state index in [1.54, 1.807) is 30.1 Å². The number of hydrogen-bond acceptors (Lipinski definition) is 2. The maximum absolute atomic E-state index is 11.3. The molecule has 0 aliphatic carbocycles. The molecule has 6 nitrogen and oxygen atoms in total. The summed E-state index contributed by atoms with van der Waals surface area (Å²) in [5.74, 6) is 0.168. The van der Waals surface area contributed by atoms with Crippen molar-refractivity contribution in [1.29, 1.82) is 0 Å². The van der Waals surface area contributed by atoms with Crippen molar-refractivity contribution in [2.45, 2.75) is 0 Å². The Morgan fingerprint density at radius 1 is 1.33 bits per heavy atom. The molecule has 1 amide bonds. The molecule has 0 fully saturated rings. The third-order valence-corrected chi connectivity index (χ3v) is 2.45. The largest absolute Gasteiger partial charge is 0.497 e. The van der Waals surface area contributed by atoms with E-state index in [1.165, 1.54) is 0 Å². The summed E-state index contributed by atoms with van der Waals surface area (Å²) in [6.07, 6.45) is 3.33. The van der Waals surface area contributed by atoms with E-state index in [1.807, 2.05) is 24.3 Å². The molecule has 1 aromatic heterocycles. The average molecular weight is 242 g/mol. The molecule has 2 rings (SSSR count). The minimum Gasteiger partial charge on any atom is -0.497 e. The fourth-order valence-corrected chi connectivity index (χ4v) is 1.54. The van der Waals surface area contributed by atoms with E-state index in [9.17, 15) is 4.79 Å². The zero-order valence-electron chi connectivity index (χ0n) is 9.65. The quantitative estimate of drug-likeness (QED) is 0.471. The molecule has 0 radical (unpaired) electrons. The molecular formula is C12H10N4O2. The number of nitrogens with zero attached hydrogens (tertiary/aromatic N) is 4. The summed E-state index contributed by atoms with van der Waals surface area (Å²) in [6, 6.07) is 8.97. The van der Waals surface area contributed by atoms with E-state index in [4.69, 9.17) is 10.3 Å². The van der Waals surface area contributed by atoms with Crippen LogP contribution in [0.2, 0.25) is 0 Å². The number of azide groups is 1. The number of rotatable bonds is 3. The van der Waals surface area contributed by atoms with Crippen LogP contribution in [0.25, 0.3) is 16.1 Å². The summed E-state index contributed by atoms with van der Waals surface area (Å²) in [6.45, 7) is 0. The third kappa shape index (κ3) is 2.34. The standard InChI is InChI=1S/C12H10N4O2/c1-18-11-4-2-10(3-5-11)16-7-6-9(8-16)12(17)14-15-13/h2-8H,1H3. The Bertz CT molecular complexity index is 609.